The molecule has 94 valence electrons. The molecule has 0 amide bonds. The fourth-order valence-corrected chi connectivity index (χ4v) is 4.94. The Kier molecular flexibility index (Phi) is 2.45. The predicted octanol–water partition coefficient (Wildman–Crippen LogP) is 3.85. The van der Waals surface area contributed by atoms with Gasteiger partial charge in [-0.1, -0.05) is 28.1 Å². The van der Waals surface area contributed by atoms with E-state index >= 15 is 0 Å². The first kappa shape index (κ1) is 11.2. The third-order valence-corrected chi connectivity index (χ3v) is 5.93. The summed E-state index contributed by atoms with van der Waals surface area (Å²) in [6.07, 6.45) is 4.86. The molecule has 3 aliphatic carbocycles. The van der Waals surface area contributed by atoms with E-state index in [-0.39, 0.29) is 0 Å². The van der Waals surface area contributed by atoms with Crippen LogP contribution in [0.2, 0.25) is 0 Å². The van der Waals surface area contributed by atoms with Crippen LogP contribution in [0.25, 0.3) is 0 Å². The Balaban J connectivity index is 1.45. The van der Waals surface area contributed by atoms with Crippen molar-refractivity contribution in [2.45, 2.75) is 25.7 Å². The van der Waals surface area contributed by atoms with Gasteiger partial charge in [0.05, 0.1) is 0 Å². The van der Waals surface area contributed by atoms with Crippen molar-refractivity contribution in [2.75, 3.05) is 0 Å². The lowest BCUT2D eigenvalue weighted by atomic mass is 9.96. The number of rotatable bonds is 3. The molecule has 1 aromatic carbocycles. The number of ketones is 1. The van der Waals surface area contributed by atoms with Gasteiger partial charge in [-0.15, -0.1) is 0 Å². The molecule has 18 heavy (non-hydrogen) atoms. The van der Waals surface area contributed by atoms with Gasteiger partial charge in [0.15, 0.2) is 0 Å². The molecule has 0 aliphatic heterocycles. The summed E-state index contributed by atoms with van der Waals surface area (Å²) in [6, 6.07) is 8.18. The van der Waals surface area contributed by atoms with Crippen LogP contribution in [-0.4, -0.2) is 5.78 Å². The van der Waals surface area contributed by atoms with Crippen LogP contribution in [0.4, 0.5) is 0 Å². The monoisotopic (exact) mass is 304 g/mol. The van der Waals surface area contributed by atoms with Crippen LogP contribution in [0, 0.1) is 29.6 Å². The highest BCUT2D eigenvalue weighted by molar-refractivity contribution is 9.10. The maximum absolute atomic E-state index is 12.4. The van der Waals surface area contributed by atoms with Crippen LogP contribution in [0.15, 0.2) is 28.7 Å². The topological polar surface area (TPSA) is 17.1 Å². The number of benzene rings is 1. The number of carbonyl (C=O) groups excluding carboxylic acids is 1. The molecule has 3 fully saturated rings. The first-order valence-electron chi connectivity index (χ1n) is 7.01. The Morgan fingerprint density at radius 3 is 2.33 bits per heavy atom. The van der Waals surface area contributed by atoms with E-state index < -0.39 is 0 Å². The average Bonchev–Trinajstić information content (AvgIpc) is 2.82. The van der Waals surface area contributed by atoms with Crippen molar-refractivity contribution in [1.82, 2.24) is 0 Å². The summed E-state index contributed by atoms with van der Waals surface area (Å²) >= 11 is 3.43. The number of hydrogen-bond donors (Lipinski definition) is 0. The number of hydrogen-bond acceptors (Lipinski definition) is 1. The minimum atomic E-state index is 0.430. The summed E-state index contributed by atoms with van der Waals surface area (Å²) in [5.41, 5.74) is 1.17. The number of fused-ring (bicyclic) bond motifs is 5. The van der Waals surface area contributed by atoms with Gasteiger partial charge in [-0.05, 0) is 60.6 Å². The highest BCUT2D eigenvalue weighted by atomic mass is 79.9. The summed E-state index contributed by atoms with van der Waals surface area (Å²) < 4.78 is 1.08. The Morgan fingerprint density at radius 2 is 1.72 bits per heavy atom. The standard InChI is InChI=1S/C16H17BrO/c17-12-5-1-9(2-6-12)7-13(18)16-14-10-3-4-11(8-10)15(14)16/h1-2,5-6,10-11,14-16H,3-4,7-8H2. The van der Waals surface area contributed by atoms with Crippen LogP contribution < -0.4 is 0 Å². The van der Waals surface area contributed by atoms with Gasteiger partial charge in [-0.3, -0.25) is 4.79 Å². The lowest BCUT2D eigenvalue weighted by molar-refractivity contribution is -0.120. The normalized spacial score (nSPS) is 39.7. The highest BCUT2D eigenvalue weighted by Crippen LogP contribution is 2.69. The van der Waals surface area contributed by atoms with Gasteiger partial charge in [0, 0.05) is 16.8 Å². The van der Waals surface area contributed by atoms with Crippen LogP contribution in [0.5, 0.6) is 0 Å². The molecule has 0 heterocycles. The molecule has 0 aromatic heterocycles. The number of halogens is 1. The largest absolute Gasteiger partial charge is 0.299 e. The summed E-state index contributed by atoms with van der Waals surface area (Å²) in [6.45, 7) is 0. The minimum absolute atomic E-state index is 0.430. The zero-order chi connectivity index (χ0) is 12.3. The van der Waals surface area contributed by atoms with Crippen LogP contribution in [-0.2, 0) is 11.2 Å². The van der Waals surface area contributed by atoms with Crippen molar-refractivity contribution in [1.29, 1.82) is 0 Å². The molecule has 4 rings (SSSR count). The first-order chi connectivity index (χ1) is 8.74. The summed E-state index contributed by atoms with van der Waals surface area (Å²) in [7, 11) is 0. The van der Waals surface area contributed by atoms with Gasteiger partial charge < -0.3 is 0 Å². The highest BCUT2D eigenvalue weighted by Gasteiger charge is 2.66. The van der Waals surface area contributed by atoms with Crippen molar-refractivity contribution in [3.05, 3.63) is 34.3 Å². The maximum Gasteiger partial charge on any atom is 0.140 e. The Hall–Kier alpha value is -0.630. The van der Waals surface area contributed by atoms with Gasteiger partial charge in [0.1, 0.15) is 5.78 Å². The van der Waals surface area contributed by atoms with Gasteiger partial charge >= 0.3 is 0 Å². The van der Waals surface area contributed by atoms with Crippen molar-refractivity contribution in [3.63, 3.8) is 0 Å². The number of Topliss-reactive ketones (excluding diaryl/α,β-unsaturated/α-hetero) is 1. The first-order valence-corrected chi connectivity index (χ1v) is 7.80. The predicted molar refractivity (Wildman–Crippen MR) is 74.2 cm³/mol. The molecular formula is C16H17BrO. The molecule has 2 heteroatoms. The molecule has 0 spiro atoms. The molecule has 4 unspecified atom stereocenters. The lowest BCUT2D eigenvalue weighted by Gasteiger charge is -2.07. The molecule has 0 radical (unpaired) electrons. The van der Waals surface area contributed by atoms with Crippen LogP contribution >= 0.6 is 15.9 Å². The molecule has 4 atom stereocenters. The second kappa shape index (κ2) is 3.93. The summed E-state index contributed by atoms with van der Waals surface area (Å²) in [5.74, 6) is 4.31. The molecule has 0 saturated heterocycles. The third-order valence-electron chi connectivity index (χ3n) is 5.40. The average molecular weight is 305 g/mol. The van der Waals surface area contributed by atoms with Crippen LogP contribution in [0.3, 0.4) is 0 Å². The maximum atomic E-state index is 12.4. The smallest absolute Gasteiger partial charge is 0.140 e. The van der Waals surface area contributed by atoms with E-state index in [0.717, 1.165) is 28.1 Å². The quantitative estimate of drug-likeness (QED) is 0.829. The van der Waals surface area contributed by atoms with Crippen molar-refractivity contribution < 1.29 is 4.79 Å². The van der Waals surface area contributed by atoms with E-state index in [0.29, 0.717) is 18.1 Å². The van der Waals surface area contributed by atoms with E-state index in [1.165, 1.54) is 24.8 Å². The fraction of sp³-hybridized carbons (Fsp3) is 0.562. The van der Waals surface area contributed by atoms with Crippen LogP contribution in [0.1, 0.15) is 24.8 Å². The minimum Gasteiger partial charge on any atom is -0.299 e. The zero-order valence-electron chi connectivity index (χ0n) is 10.3. The molecular weight excluding hydrogens is 288 g/mol. The van der Waals surface area contributed by atoms with Crippen molar-refractivity contribution in [2.24, 2.45) is 29.6 Å². The molecule has 0 N–H and O–H groups in total. The molecule has 1 nitrogen and oxygen atoms in total. The van der Waals surface area contributed by atoms with E-state index in [9.17, 15) is 4.79 Å². The summed E-state index contributed by atoms with van der Waals surface area (Å²) in [4.78, 5) is 12.4. The second-order valence-electron chi connectivity index (χ2n) is 6.28. The second-order valence-corrected chi connectivity index (χ2v) is 7.20. The lowest BCUT2D eigenvalue weighted by Crippen LogP contribution is -2.12. The Labute approximate surface area is 116 Å². The molecule has 3 saturated carbocycles. The van der Waals surface area contributed by atoms with Gasteiger partial charge in [0.25, 0.3) is 0 Å². The van der Waals surface area contributed by atoms with E-state index in [1.807, 2.05) is 12.1 Å². The fourth-order valence-electron chi connectivity index (χ4n) is 4.68. The Bertz CT molecular complexity index is 476. The van der Waals surface area contributed by atoms with Gasteiger partial charge in [-0.2, -0.15) is 0 Å². The van der Waals surface area contributed by atoms with Crippen molar-refractivity contribution >= 4 is 21.7 Å². The third kappa shape index (κ3) is 1.61. The molecule has 3 aliphatic rings. The SMILES string of the molecule is O=C(Cc1ccc(Br)cc1)C1C2C3CCC(C3)C12. The van der Waals surface area contributed by atoms with E-state index in [4.69, 9.17) is 0 Å². The molecule has 2 bridgehead atoms. The summed E-state index contributed by atoms with van der Waals surface area (Å²) in [5, 5.41) is 0. The number of carbonyl (C=O) groups is 1. The van der Waals surface area contributed by atoms with Crippen molar-refractivity contribution in [3.8, 4) is 0 Å². The van der Waals surface area contributed by atoms with Gasteiger partial charge in [0.2, 0.25) is 0 Å². The van der Waals surface area contributed by atoms with Gasteiger partial charge in [-0.25, -0.2) is 0 Å². The molecule has 1 aromatic rings. The van der Waals surface area contributed by atoms with E-state index in [2.05, 4.69) is 28.1 Å². The van der Waals surface area contributed by atoms with E-state index in [1.54, 1.807) is 0 Å². The Morgan fingerprint density at radius 1 is 1.11 bits per heavy atom. The zero-order valence-corrected chi connectivity index (χ0v) is 11.9.